The lowest BCUT2D eigenvalue weighted by Crippen LogP contribution is -2.25. The molecule has 5 heteroatoms. The number of nitrogens with zero attached hydrogens (tertiary/aromatic N) is 1. The third kappa shape index (κ3) is 6.02. The molecule has 4 atom stereocenters. The van der Waals surface area contributed by atoms with Gasteiger partial charge in [0.1, 0.15) is 0 Å². The fraction of sp³-hybridized carbons (Fsp3) is 0.600. The predicted molar refractivity (Wildman–Crippen MR) is 120 cm³/mol. The number of methoxy groups -OCH3 is 2. The molecule has 0 spiro atoms. The van der Waals surface area contributed by atoms with Crippen LogP contribution in [0.25, 0.3) is 0 Å². The van der Waals surface area contributed by atoms with Gasteiger partial charge in [0.25, 0.3) is 0 Å². The first-order valence-corrected chi connectivity index (χ1v) is 11.1. The zero-order chi connectivity index (χ0) is 21.5. The fourth-order valence-corrected chi connectivity index (χ4v) is 4.04. The van der Waals surface area contributed by atoms with Crippen molar-refractivity contribution in [3.05, 3.63) is 47.7 Å². The van der Waals surface area contributed by atoms with Crippen LogP contribution < -0.4 is 9.47 Å². The summed E-state index contributed by atoms with van der Waals surface area (Å²) in [5, 5.41) is 0. The zero-order valence-electron chi connectivity index (χ0n) is 19.1. The minimum Gasteiger partial charge on any atom is -0.493 e. The summed E-state index contributed by atoms with van der Waals surface area (Å²) >= 11 is 0. The molecule has 2 heterocycles. The smallest absolute Gasteiger partial charge is 0.161 e. The number of hydrogen-bond acceptors (Lipinski definition) is 5. The summed E-state index contributed by atoms with van der Waals surface area (Å²) < 4.78 is 23.3. The molecule has 0 bridgehead atoms. The van der Waals surface area contributed by atoms with Crippen LogP contribution in [-0.2, 0) is 9.47 Å². The van der Waals surface area contributed by atoms with Gasteiger partial charge in [0.15, 0.2) is 17.8 Å². The molecule has 2 aliphatic heterocycles. The third-order valence-corrected chi connectivity index (χ3v) is 6.31. The minimum absolute atomic E-state index is 0.0391. The predicted octanol–water partition coefficient (Wildman–Crippen LogP) is 5.48. The summed E-state index contributed by atoms with van der Waals surface area (Å²) in [4.78, 5) is 2.24. The maximum atomic E-state index is 6.29. The van der Waals surface area contributed by atoms with Gasteiger partial charge in [0.2, 0.25) is 0 Å². The lowest BCUT2D eigenvalue weighted by atomic mass is 9.95. The Morgan fingerprint density at radius 3 is 2.70 bits per heavy atom. The van der Waals surface area contributed by atoms with Crippen LogP contribution in [0.4, 0.5) is 0 Å². The maximum absolute atomic E-state index is 6.29. The molecule has 3 rings (SSSR count). The van der Waals surface area contributed by atoms with Gasteiger partial charge in [-0.3, -0.25) is 0 Å². The van der Waals surface area contributed by atoms with Gasteiger partial charge >= 0.3 is 0 Å². The Morgan fingerprint density at radius 2 is 1.93 bits per heavy atom. The molecule has 166 valence electrons. The van der Waals surface area contributed by atoms with Crippen LogP contribution in [0.2, 0.25) is 0 Å². The van der Waals surface area contributed by atoms with Crippen LogP contribution in [0.5, 0.6) is 11.5 Å². The summed E-state index contributed by atoms with van der Waals surface area (Å²) in [5.41, 5.74) is 2.64. The van der Waals surface area contributed by atoms with E-state index in [2.05, 4.69) is 44.1 Å². The van der Waals surface area contributed by atoms with Crippen molar-refractivity contribution in [2.24, 2.45) is 5.92 Å². The van der Waals surface area contributed by atoms with Gasteiger partial charge in [0.05, 0.1) is 26.4 Å². The molecule has 0 radical (unpaired) electrons. The zero-order valence-corrected chi connectivity index (χ0v) is 19.1. The lowest BCUT2D eigenvalue weighted by Gasteiger charge is -2.25. The molecule has 5 nitrogen and oxygen atoms in total. The maximum Gasteiger partial charge on any atom is 0.161 e. The second-order valence-electron chi connectivity index (χ2n) is 8.50. The van der Waals surface area contributed by atoms with Crippen molar-refractivity contribution >= 4 is 0 Å². The van der Waals surface area contributed by atoms with E-state index in [1.807, 2.05) is 18.2 Å². The standard InChI is InChI=1S/C25H37NO4/c1-18(8-9-20-7-6-15-26(3)16-14-20)19(2)29-25-13-12-22(30-25)21-10-11-23(27-4)24(17-21)28-5/h6-7,10-11,15,17-19,22,25H,8-9,12-14,16H2,1-5H3. The molecular weight excluding hydrogens is 378 g/mol. The Labute approximate surface area is 181 Å². The van der Waals surface area contributed by atoms with E-state index in [1.165, 1.54) is 5.57 Å². The Morgan fingerprint density at radius 1 is 1.13 bits per heavy atom. The van der Waals surface area contributed by atoms with Gasteiger partial charge in [-0.05, 0) is 68.5 Å². The molecule has 1 saturated heterocycles. The summed E-state index contributed by atoms with van der Waals surface area (Å²) in [6.45, 7) is 5.55. The van der Waals surface area contributed by atoms with Crippen molar-refractivity contribution in [2.45, 2.75) is 64.4 Å². The average molecular weight is 416 g/mol. The van der Waals surface area contributed by atoms with Crippen LogP contribution in [0.1, 0.15) is 57.6 Å². The van der Waals surface area contributed by atoms with Crippen molar-refractivity contribution < 1.29 is 18.9 Å². The molecule has 4 unspecified atom stereocenters. The molecule has 2 aliphatic rings. The molecule has 1 fully saturated rings. The molecule has 0 amide bonds. The number of rotatable bonds is 9. The number of allylic oxidation sites excluding steroid dienone is 2. The van der Waals surface area contributed by atoms with Gasteiger partial charge in [0, 0.05) is 20.0 Å². The molecule has 0 N–H and O–H groups in total. The van der Waals surface area contributed by atoms with E-state index in [0.29, 0.717) is 5.92 Å². The Bertz CT molecular complexity index is 745. The first-order valence-electron chi connectivity index (χ1n) is 11.1. The van der Waals surface area contributed by atoms with Crippen LogP contribution in [0, 0.1) is 5.92 Å². The molecule has 30 heavy (non-hydrogen) atoms. The van der Waals surface area contributed by atoms with Crippen LogP contribution in [-0.4, -0.2) is 45.1 Å². The highest BCUT2D eigenvalue weighted by Crippen LogP contribution is 2.38. The molecular formula is C25H37NO4. The SMILES string of the molecule is COc1ccc(C2CCC(OC(C)C(C)CCC3=CC=CN(C)CC3)O2)cc1OC. The van der Waals surface area contributed by atoms with Gasteiger partial charge in [-0.15, -0.1) is 0 Å². The van der Waals surface area contributed by atoms with E-state index in [-0.39, 0.29) is 18.5 Å². The van der Waals surface area contributed by atoms with E-state index < -0.39 is 0 Å². The highest BCUT2D eigenvalue weighted by Gasteiger charge is 2.30. The lowest BCUT2D eigenvalue weighted by molar-refractivity contribution is -0.169. The van der Waals surface area contributed by atoms with Crippen molar-refractivity contribution in [1.82, 2.24) is 4.90 Å². The normalized spacial score (nSPS) is 23.6. The van der Waals surface area contributed by atoms with Gasteiger partial charge in [-0.1, -0.05) is 24.6 Å². The molecule has 0 aromatic heterocycles. The molecule has 0 saturated carbocycles. The van der Waals surface area contributed by atoms with E-state index in [1.54, 1.807) is 14.2 Å². The van der Waals surface area contributed by atoms with E-state index in [9.17, 15) is 0 Å². The monoisotopic (exact) mass is 415 g/mol. The second kappa shape index (κ2) is 10.9. The highest BCUT2D eigenvalue weighted by atomic mass is 16.7. The van der Waals surface area contributed by atoms with Crippen molar-refractivity contribution in [3.8, 4) is 11.5 Å². The Balaban J connectivity index is 1.46. The molecule has 0 aliphatic carbocycles. The fourth-order valence-electron chi connectivity index (χ4n) is 4.04. The molecule has 1 aromatic carbocycles. The third-order valence-electron chi connectivity index (χ3n) is 6.31. The molecule has 1 aromatic rings. The first kappa shape index (κ1) is 22.7. The number of benzene rings is 1. The second-order valence-corrected chi connectivity index (χ2v) is 8.50. The van der Waals surface area contributed by atoms with E-state index in [4.69, 9.17) is 18.9 Å². The topological polar surface area (TPSA) is 40.2 Å². The van der Waals surface area contributed by atoms with Gasteiger partial charge in [-0.25, -0.2) is 0 Å². The average Bonchev–Trinajstić information content (AvgIpc) is 3.12. The van der Waals surface area contributed by atoms with Crippen LogP contribution >= 0.6 is 0 Å². The Hall–Kier alpha value is -1.98. The number of hydrogen-bond donors (Lipinski definition) is 0. The van der Waals surface area contributed by atoms with Crippen molar-refractivity contribution in [3.63, 3.8) is 0 Å². The summed E-state index contributed by atoms with van der Waals surface area (Å²) in [6, 6.07) is 5.99. The van der Waals surface area contributed by atoms with E-state index in [0.717, 1.165) is 55.7 Å². The Kier molecular flexibility index (Phi) is 8.23. The minimum atomic E-state index is -0.144. The summed E-state index contributed by atoms with van der Waals surface area (Å²) in [7, 11) is 5.44. The highest BCUT2D eigenvalue weighted by molar-refractivity contribution is 5.43. The van der Waals surface area contributed by atoms with Crippen molar-refractivity contribution in [1.29, 1.82) is 0 Å². The first-order chi connectivity index (χ1) is 14.5. The van der Waals surface area contributed by atoms with Crippen LogP contribution in [0.3, 0.4) is 0 Å². The quantitative estimate of drug-likeness (QED) is 0.534. The number of ether oxygens (including phenoxy) is 4. The van der Waals surface area contributed by atoms with Gasteiger partial charge in [-0.2, -0.15) is 0 Å². The largest absolute Gasteiger partial charge is 0.493 e. The van der Waals surface area contributed by atoms with Crippen LogP contribution in [0.15, 0.2) is 42.1 Å². The summed E-state index contributed by atoms with van der Waals surface area (Å²) in [6.07, 6.45) is 11.9. The van der Waals surface area contributed by atoms with Crippen molar-refractivity contribution in [2.75, 3.05) is 27.8 Å². The summed E-state index contributed by atoms with van der Waals surface area (Å²) in [5.74, 6) is 1.96. The van der Waals surface area contributed by atoms with E-state index >= 15 is 0 Å². The van der Waals surface area contributed by atoms with Gasteiger partial charge < -0.3 is 23.8 Å².